The maximum absolute atomic E-state index is 11.1. The summed E-state index contributed by atoms with van der Waals surface area (Å²) in [6.07, 6.45) is -0.439. The molecule has 1 aromatic rings. The van der Waals surface area contributed by atoms with Gasteiger partial charge < -0.3 is 26.6 Å². The Kier molecular flexibility index (Phi) is 9.84. The highest BCUT2D eigenvalue weighted by Crippen LogP contribution is 2.00. The molecule has 0 aliphatic rings. The largest absolute Gasteiger partial charge is 0.480 e. The second kappa shape index (κ2) is 11.2. The number of alkyl carbamates (subject to hydrolysis) is 1. The lowest BCUT2D eigenvalue weighted by Gasteiger charge is -2.05. The van der Waals surface area contributed by atoms with Gasteiger partial charge in [-0.25, -0.2) is 4.79 Å². The first-order valence-electron chi connectivity index (χ1n) is 6.10. The van der Waals surface area contributed by atoms with Gasteiger partial charge in [-0.1, -0.05) is 30.3 Å². The molecule has 0 spiro atoms. The van der Waals surface area contributed by atoms with Crippen molar-refractivity contribution in [1.29, 1.82) is 0 Å². The van der Waals surface area contributed by atoms with Gasteiger partial charge in [0.2, 0.25) is 5.91 Å². The monoisotopic (exact) mass is 297 g/mol. The fourth-order valence-electron chi connectivity index (χ4n) is 1.06. The highest BCUT2D eigenvalue weighted by molar-refractivity contribution is 5.75. The van der Waals surface area contributed by atoms with E-state index in [2.05, 4.69) is 11.1 Å². The molecule has 0 saturated heterocycles. The molecule has 21 heavy (non-hydrogen) atoms. The number of carbonyl (C=O) groups excluding carboxylic acids is 2. The zero-order valence-corrected chi connectivity index (χ0v) is 11.5. The van der Waals surface area contributed by atoms with Gasteiger partial charge in [0, 0.05) is 13.0 Å². The second-order valence-electron chi connectivity index (χ2n) is 3.80. The van der Waals surface area contributed by atoms with E-state index in [-0.39, 0.29) is 26.1 Å². The molecule has 0 fully saturated rings. The molecule has 8 nitrogen and oxygen atoms in total. The Morgan fingerprint density at radius 3 is 2.24 bits per heavy atom. The van der Waals surface area contributed by atoms with Crippen molar-refractivity contribution in [1.82, 2.24) is 5.32 Å². The Morgan fingerprint density at radius 1 is 1.19 bits per heavy atom. The van der Waals surface area contributed by atoms with Gasteiger partial charge in [0.1, 0.15) is 6.61 Å². The van der Waals surface area contributed by atoms with Gasteiger partial charge >= 0.3 is 12.1 Å². The van der Waals surface area contributed by atoms with Crippen molar-refractivity contribution in [2.24, 2.45) is 11.5 Å². The maximum atomic E-state index is 11.1. The summed E-state index contributed by atoms with van der Waals surface area (Å²) in [5.74, 6) is -1.42. The van der Waals surface area contributed by atoms with Crippen LogP contribution in [0.1, 0.15) is 12.0 Å². The number of nitrogens with two attached hydrogens (primary N) is 2. The van der Waals surface area contributed by atoms with Crippen LogP contribution in [0.5, 0.6) is 0 Å². The summed E-state index contributed by atoms with van der Waals surface area (Å²) in [6, 6.07) is 9.33. The summed E-state index contributed by atoms with van der Waals surface area (Å²) in [7, 11) is 0. The first kappa shape index (κ1) is 18.4. The SMILES string of the molecule is NC(=O)CCNC(=O)OCc1ccccc1.NCC(=O)O. The zero-order valence-electron chi connectivity index (χ0n) is 11.5. The average molecular weight is 297 g/mol. The summed E-state index contributed by atoms with van der Waals surface area (Å²) >= 11 is 0. The van der Waals surface area contributed by atoms with E-state index >= 15 is 0 Å². The second-order valence-corrected chi connectivity index (χ2v) is 3.80. The molecule has 0 radical (unpaired) electrons. The Balaban J connectivity index is 0.000000690. The predicted octanol–water partition coefficient (Wildman–Crippen LogP) is -0.182. The van der Waals surface area contributed by atoms with Crippen molar-refractivity contribution in [2.45, 2.75) is 13.0 Å². The van der Waals surface area contributed by atoms with Crippen molar-refractivity contribution in [3.05, 3.63) is 35.9 Å². The summed E-state index contributed by atoms with van der Waals surface area (Å²) in [5.41, 5.74) is 10.4. The summed E-state index contributed by atoms with van der Waals surface area (Å²) in [4.78, 5) is 30.7. The third kappa shape index (κ3) is 12.2. The molecular formula is C13H19N3O5. The smallest absolute Gasteiger partial charge is 0.407 e. The van der Waals surface area contributed by atoms with Crippen molar-refractivity contribution in [2.75, 3.05) is 13.1 Å². The molecule has 2 amide bonds. The highest BCUT2D eigenvalue weighted by atomic mass is 16.5. The standard InChI is InChI=1S/C11H14N2O3.C2H5NO2/c12-10(14)6-7-13-11(15)16-8-9-4-2-1-3-5-9;3-1-2(4)5/h1-5H,6-8H2,(H2,12,14)(H,13,15);1,3H2,(H,4,5). The minimum atomic E-state index is -0.968. The van der Waals surface area contributed by atoms with E-state index in [9.17, 15) is 14.4 Å². The third-order valence-corrected chi connectivity index (χ3v) is 2.03. The van der Waals surface area contributed by atoms with Crippen LogP contribution in [0.15, 0.2) is 30.3 Å². The molecule has 0 aliphatic heterocycles. The Morgan fingerprint density at radius 2 is 1.76 bits per heavy atom. The normalized spacial score (nSPS) is 9.00. The molecule has 6 N–H and O–H groups in total. The fourth-order valence-corrected chi connectivity index (χ4v) is 1.06. The third-order valence-electron chi connectivity index (χ3n) is 2.03. The van der Waals surface area contributed by atoms with Crippen LogP contribution < -0.4 is 16.8 Å². The lowest BCUT2D eigenvalue weighted by atomic mass is 10.2. The number of hydrogen-bond donors (Lipinski definition) is 4. The molecule has 0 aliphatic carbocycles. The number of hydrogen-bond acceptors (Lipinski definition) is 5. The van der Waals surface area contributed by atoms with E-state index in [0.717, 1.165) is 5.56 Å². The molecule has 116 valence electrons. The van der Waals surface area contributed by atoms with Crippen molar-refractivity contribution in [3.63, 3.8) is 0 Å². The van der Waals surface area contributed by atoms with Gasteiger partial charge in [0.05, 0.1) is 6.54 Å². The first-order chi connectivity index (χ1) is 9.95. The summed E-state index contributed by atoms with van der Waals surface area (Å²) in [6.45, 7) is 0.131. The minimum absolute atomic E-state index is 0.112. The van der Waals surface area contributed by atoms with Gasteiger partial charge in [0.15, 0.2) is 0 Å². The van der Waals surface area contributed by atoms with E-state index in [1.807, 2.05) is 30.3 Å². The van der Waals surface area contributed by atoms with Gasteiger partial charge in [-0.05, 0) is 5.56 Å². The van der Waals surface area contributed by atoms with Crippen LogP contribution in [0.3, 0.4) is 0 Å². The number of amides is 2. The van der Waals surface area contributed by atoms with Crippen molar-refractivity contribution in [3.8, 4) is 0 Å². The minimum Gasteiger partial charge on any atom is -0.480 e. The fraction of sp³-hybridized carbons (Fsp3) is 0.308. The van der Waals surface area contributed by atoms with Gasteiger partial charge in [-0.3, -0.25) is 9.59 Å². The molecule has 0 saturated carbocycles. The van der Waals surface area contributed by atoms with Crippen LogP contribution in [-0.4, -0.2) is 36.2 Å². The quantitative estimate of drug-likeness (QED) is 0.573. The predicted molar refractivity (Wildman–Crippen MR) is 75.1 cm³/mol. The Hall–Kier alpha value is -2.61. The number of carboxylic acid groups (broad SMARTS) is 1. The van der Waals surface area contributed by atoms with Gasteiger partial charge in [-0.15, -0.1) is 0 Å². The zero-order chi connectivity index (χ0) is 16.1. The van der Waals surface area contributed by atoms with Crippen LogP contribution in [0.2, 0.25) is 0 Å². The number of nitrogens with one attached hydrogen (secondary N) is 1. The Bertz CT molecular complexity index is 450. The molecule has 0 unspecified atom stereocenters. The van der Waals surface area contributed by atoms with Gasteiger partial charge in [0.25, 0.3) is 0 Å². The molecular weight excluding hydrogens is 278 g/mol. The van der Waals surface area contributed by atoms with Gasteiger partial charge in [-0.2, -0.15) is 0 Å². The van der Waals surface area contributed by atoms with Crippen LogP contribution in [0, 0.1) is 0 Å². The van der Waals surface area contributed by atoms with Crippen molar-refractivity contribution >= 4 is 18.0 Å². The molecule has 0 bridgehead atoms. The van der Waals surface area contributed by atoms with Crippen LogP contribution >= 0.6 is 0 Å². The molecule has 0 atom stereocenters. The topological polar surface area (TPSA) is 145 Å². The lowest BCUT2D eigenvalue weighted by molar-refractivity contribution is -0.135. The number of aliphatic carboxylic acids is 1. The number of ether oxygens (including phenoxy) is 1. The first-order valence-corrected chi connectivity index (χ1v) is 6.10. The van der Waals surface area contributed by atoms with Crippen LogP contribution in [-0.2, 0) is 20.9 Å². The summed E-state index contributed by atoms with van der Waals surface area (Å²) in [5, 5.41) is 10.0. The van der Waals surface area contributed by atoms with E-state index in [4.69, 9.17) is 15.6 Å². The molecule has 8 heteroatoms. The van der Waals surface area contributed by atoms with E-state index in [1.165, 1.54) is 0 Å². The summed E-state index contributed by atoms with van der Waals surface area (Å²) < 4.78 is 4.91. The van der Waals surface area contributed by atoms with E-state index in [1.54, 1.807) is 0 Å². The van der Waals surface area contributed by atoms with Crippen LogP contribution in [0.25, 0.3) is 0 Å². The number of primary amides is 1. The molecule has 1 aromatic carbocycles. The molecule has 0 heterocycles. The number of carbonyl (C=O) groups is 3. The number of carboxylic acids is 1. The lowest BCUT2D eigenvalue weighted by Crippen LogP contribution is -2.28. The number of benzene rings is 1. The Labute approximate surface area is 122 Å². The maximum Gasteiger partial charge on any atom is 0.407 e. The van der Waals surface area contributed by atoms with E-state index in [0.29, 0.717) is 0 Å². The van der Waals surface area contributed by atoms with Crippen LogP contribution in [0.4, 0.5) is 4.79 Å². The average Bonchev–Trinajstić information content (AvgIpc) is 2.46. The number of rotatable bonds is 6. The highest BCUT2D eigenvalue weighted by Gasteiger charge is 2.02. The molecule has 0 aromatic heterocycles. The van der Waals surface area contributed by atoms with E-state index < -0.39 is 18.0 Å². The molecule has 1 rings (SSSR count). The van der Waals surface area contributed by atoms with Crippen molar-refractivity contribution < 1.29 is 24.2 Å².